The Bertz CT molecular complexity index is 767. The van der Waals surface area contributed by atoms with Crippen molar-refractivity contribution in [1.82, 2.24) is 24.7 Å². The number of aryl methyl sites for hydroxylation is 1. The van der Waals surface area contributed by atoms with Crippen molar-refractivity contribution in [1.29, 1.82) is 0 Å². The molecule has 8 heteroatoms. The molecule has 0 saturated carbocycles. The first kappa shape index (κ1) is 18.4. The van der Waals surface area contributed by atoms with Crippen LogP contribution in [0, 0.1) is 12.8 Å². The summed E-state index contributed by atoms with van der Waals surface area (Å²) >= 11 is 0. The Kier molecular flexibility index (Phi) is 5.29. The van der Waals surface area contributed by atoms with E-state index in [2.05, 4.69) is 20.6 Å². The number of hydrogen-bond acceptors (Lipinski definition) is 6. The number of fused-ring (bicyclic) bond motifs is 1. The zero-order valence-electron chi connectivity index (χ0n) is 16.0. The van der Waals surface area contributed by atoms with Gasteiger partial charge in [-0.05, 0) is 65.0 Å². The Labute approximate surface area is 153 Å². The van der Waals surface area contributed by atoms with Crippen molar-refractivity contribution in [2.24, 2.45) is 5.92 Å². The van der Waals surface area contributed by atoms with Crippen LogP contribution in [0.5, 0.6) is 0 Å². The quantitative estimate of drug-likeness (QED) is 0.902. The zero-order valence-corrected chi connectivity index (χ0v) is 16.0. The molecule has 3 heterocycles. The summed E-state index contributed by atoms with van der Waals surface area (Å²) in [6.45, 7) is 9.93. The molecule has 2 aromatic rings. The van der Waals surface area contributed by atoms with Gasteiger partial charge in [0.05, 0.1) is 0 Å². The number of rotatable bonds is 4. The van der Waals surface area contributed by atoms with E-state index < -0.39 is 5.60 Å². The van der Waals surface area contributed by atoms with Gasteiger partial charge in [0, 0.05) is 19.6 Å². The molecule has 3 rings (SSSR count). The van der Waals surface area contributed by atoms with Gasteiger partial charge in [0.2, 0.25) is 0 Å². The summed E-state index contributed by atoms with van der Waals surface area (Å²) in [6.07, 6.45) is 2.94. The van der Waals surface area contributed by atoms with Gasteiger partial charge in [-0.15, -0.1) is 15.3 Å². The minimum atomic E-state index is -0.448. The van der Waals surface area contributed by atoms with Crippen molar-refractivity contribution < 1.29 is 9.53 Å². The normalized spacial score (nSPS) is 18.2. The third kappa shape index (κ3) is 4.62. The molecule has 0 aliphatic carbocycles. The van der Waals surface area contributed by atoms with Gasteiger partial charge in [-0.25, -0.2) is 4.79 Å². The van der Waals surface area contributed by atoms with Crippen molar-refractivity contribution in [3.05, 3.63) is 18.0 Å². The van der Waals surface area contributed by atoms with Crippen LogP contribution in [0.15, 0.2) is 12.1 Å². The fourth-order valence-corrected chi connectivity index (χ4v) is 3.19. The van der Waals surface area contributed by atoms with Gasteiger partial charge >= 0.3 is 6.09 Å². The van der Waals surface area contributed by atoms with Crippen LogP contribution in [-0.2, 0) is 4.74 Å². The number of amides is 1. The van der Waals surface area contributed by atoms with Gasteiger partial charge in [-0.2, -0.15) is 4.52 Å². The van der Waals surface area contributed by atoms with Crippen molar-refractivity contribution in [3.8, 4) is 0 Å². The number of likely N-dealkylation sites (tertiary alicyclic amines) is 1. The second-order valence-electron chi connectivity index (χ2n) is 7.89. The van der Waals surface area contributed by atoms with Gasteiger partial charge in [-0.3, -0.25) is 0 Å². The molecule has 1 N–H and O–H groups in total. The first-order chi connectivity index (χ1) is 12.3. The largest absolute Gasteiger partial charge is 0.444 e. The average molecular weight is 360 g/mol. The van der Waals surface area contributed by atoms with Crippen LogP contribution in [0.3, 0.4) is 0 Å². The van der Waals surface area contributed by atoms with Gasteiger partial charge in [0.1, 0.15) is 11.4 Å². The zero-order chi connectivity index (χ0) is 18.7. The molecule has 1 saturated heterocycles. The Morgan fingerprint density at radius 2 is 2.15 bits per heavy atom. The maximum absolute atomic E-state index is 12.2. The number of nitrogens with zero attached hydrogens (tertiary/aromatic N) is 5. The van der Waals surface area contributed by atoms with Gasteiger partial charge in [-0.1, -0.05) is 0 Å². The predicted molar refractivity (Wildman–Crippen MR) is 99.2 cm³/mol. The minimum absolute atomic E-state index is 0.203. The maximum Gasteiger partial charge on any atom is 0.410 e. The van der Waals surface area contributed by atoms with Crippen molar-refractivity contribution >= 4 is 17.6 Å². The minimum Gasteiger partial charge on any atom is -0.444 e. The van der Waals surface area contributed by atoms with E-state index in [1.165, 1.54) is 0 Å². The molecule has 26 heavy (non-hydrogen) atoms. The summed E-state index contributed by atoms with van der Waals surface area (Å²) in [4.78, 5) is 14.1. The van der Waals surface area contributed by atoms with E-state index in [-0.39, 0.29) is 6.09 Å². The standard InChI is InChI=1S/C18H28N6O2/c1-13-20-21-16-8-7-15(22-24(13)16)19-10-9-14-6-5-11-23(12-14)17(25)26-18(2,3)4/h7-8,14H,5-6,9-12H2,1-4H3,(H,19,22). The Hall–Kier alpha value is -2.38. The molecule has 1 fully saturated rings. The van der Waals surface area contributed by atoms with Crippen LogP contribution in [0.4, 0.5) is 10.6 Å². The second-order valence-corrected chi connectivity index (χ2v) is 7.89. The molecule has 1 amide bonds. The van der Waals surface area contributed by atoms with Gasteiger partial charge in [0.25, 0.3) is 0 Å². The number of carbonyl (C=O) groups is 1. The fourth-order valence-electron chi connectivity index (χ4n) is 3.19. The fraction of sp³-hybridized carbons (Fsp3) is 0.667. The molecule has 0 spiro atoms. The van der Waals surface area contributed by atoms with E-state index in [9.17, 15) is 4.79 Å². The van der Waals surface area contributed by atoms with E-state index in [0.717, 1.165) is 56.2 Å². The molecule has 0 radical (unpaired) electrons. The summed E-state index contributed by atoms with van der Waals surface area (Å²) in [5.41, 5.74) is 0.296. The summed E-state index contributed by atoms with van der Waals surface area (Å²) in [5, 5.41) is 15.9. The first-order valence-electron chi connectivity index (χ1n) is 9.23. The Balaban J connectivity index is 1.49. The third-order valence-electron chi connectivity index (χ3n) is 4.45. The van der Waals surface area contributed by atoms with E-state index in [1.807, 2.05) is 44.7 Å². The highest BCUT2D eigenvalue weighted by Gasteiger charge is 2.27. The highest BCUT2D eigenvalue weighted by Crippen LogP contribution is 2.22. The molecule has 142 valence electrons. The smallest absolute Gasteiger partial charge is 0.410 e. The van der Waals surface area contributed by atoms with Gasteiger partial charge < -0.3 is 15.0 Å². The maximum atomic E-state index is 12.2. The number of nitrogens with one attached hydrogen (secondary N) is 1. The van der Waals surface area contributed by atoms with Crippen molar-refractivity contribution in [2.75, 3.05) is 25.0 Å². The lowest BCUT2D eigenvalue weighted by molar-refractivity contribution is 0.0163. The highest BCUT2D eigenvalue weighted by atomic mass is 16.6. The van der Waals surface area contributed by atoms with E-state index in [1.54, 1.807) is 4.52 Å². The number of ether oxygens (including phenoxy) is 1. The van der Waals surface area contributed by atoms with Crippen LogP contribution in [0.1, 0.15) is 45.9 Å². The van der Waals surface area contributed by atoms with Crippen LogP contribution >= 0.6 is 0 Å². The van der Waals surface area contributed by atoms with Crippen molar-refractivity contribution in [2.45, 2.75) is 52.6 Å². The molecule has 1 aliphatic rings. The van der Waals surface area contributed by atoms with Crippen LogP contribution in [0.25, 0.3) is 5.65 Å². The summed E-state index contributed by atoms with van der Waals surface area (Å²) in [6, 6.07) is 3.82. The van der Waals surface area contributed by atoms with Crippen LogP contribution < -0.4 is 5.32 Å². The topological polar surface area (TPSA) is 84.7 Å². The summed E-state index contributed by atoms with van der Waals surface area (Å²) in [7, 11) is 0. The molecule has 0 aromatic carbocycles. The molecular formula is C18H28N6O2. The van der Waals surface area contributed by atoms with E-state index in [0.29, 0.717) is 5.92 Å². The molecular weight excluding hydrogens is 332 g/mol. The molecule has 1 unspecified atom stereocenters. The van der Waals surface area contributed by atoms with Crippen molar-refractivity contribution in [3.63, 3.8) is 0 Å². The molecule has 0 bridgehead atoms. The third-order valence-corrected chi connectivity index (χ3v) is 4.45. The van der Waals surface area contributed by atoms with E-state index in [4.69, 9.17) is 4.74 Å². The molecule has 8 nitrogen and oxygen atoms in total. The first-order valence-corrected chi connectivity index (χ1v) is 9.23. The lowest BCUT2D eigenvalue weighted by Crippen LogP contribution is -2.43. The Morgan fingerprint density at radius 1 is 1.35 bits per heavy atom. The second kappa shape index (κ2) is 7.47. The monoisotopic (exact) mass is 360 g/mol. The predicted octanol–water partition coefficient (Wildman–Crippen LogP) is 2.88. The highest BCUT2D eigenvalue weighted by molar-refractivity contribution is 5.68. The SMILES string of the molecule is Cc1nnc2ccc(NCCC3CCCN(C(=O)OC(C)(C)C)C3)nn12. The number of carbonyl (C=O) groups excluding carboxylic acids is 1. The summed E-state index contributed by atoms with van der Waals surface area (Å²) < 4.78 is 7.22. The van der Waals surface area contributed by atoms with Crippen LogP contribution in [0.2, 0.25) is 0 Å². The van der Waals surface area contributed by atoms with E-state index >= 15 is 0 Å². The number of piperidine rings is 1. The average Bonchev–Trinajstić information content (AvgIpc) is 2.94. The van der Waals surface area contributed by atoms with Crippen LogP contribution in [-0.4, -0.2) is 56.0 Å². The Morgan fingerprint density at radius 3 is 2.92 bits per heavy atom. The molecule has 1 aliphatic heterocycles. The van der Waals surface area contributed by atoms with Gasteiger partial charge in [0.15, 0.2) is 11.5 Å². The number of hydrogen-bond donors (Lipinski definition) is 1. The summed E-state index contributed by atoms with van der Waals surface area (Å²) in [5.74, 6) is 2.05. The number of anilines is 1. The molecule has 2 aromatic heterocycles. The number of aromatic nitrogens is 4. The lowest BCUT2D eigenvalue weighted by Gasteiger charge is -2.34. The molecule has 1 atom stereocenters. The lowest BCUT2D eigenvalue weighted by atomic mass is 9.95.